The van der Waals surface area contributed by atoms with Crippen LogP contribution in [0.1, 0.15) is 19.3 Å². The molecule has 4 nitrogen and oxygen atoms in total. The van der Waals surface area contributed by atoms with Crippen LogP contribution in [-0.2, 0) is 10.0 Å². The maximum atomic E-state index is 10.9. The molecule has 0 aromatic carbocycles. The van der Waals surface area contributed by atoms with Gasteiger partial charge in [0.15, 0.2) is 0 Å². The van der Waals surface area contributed by atoms with E-state index in [0.29, 0.717) is 6.04 Å². The van der Waals surface area contributed by atoms with Crippen molar-refractivity contribution in [3.05, 3.63) is 0 Å². The van der Waals surface area contributed by atoms with Gasteiger partial charge in [-0.3, -0.25) is 0 Å². The summed E-state index contributed by atoms with van der Waals surface area (Å²) in [4.78, 5) is 0. The summed E-state index contributed by atoms with van der Waals surface area (Å²) in [6.07, 6.45) is 4.12. The molecule has 2 atom stereocenters. The van der Waals surface area contributed by atoms with Crippen LogP contribution in [0.5, 0.6) is 0 Å². The number of hydrogen-bond acceptors (Lipinski definition) is 3. The fourth-order valence-electron chi connectivity index (χ4n) is 1.65. The Bertz CT molecular complexity index is 238. The van der Waals surface area contributed by atoms with Crippen LogP contribution in [0, 0.1) is 0 Å². The lowest BCUT2D eigenvalue weighted by atomic mass is 10.2. The summed E-state index contributed by atoms with van der Waals surface area (Å²) in [6, 6.07) is 0.613. The molecule has 2 N–H and O–H groups in total. The highest BCUT2D eigenvalue weighted by Gasteiger charge is 2.25. The Morgan fingerprint density at radius 1 is 1.25 bits per heavy atom. The summed E-state index contributed by atoms with van der Waals surface area (Å²) >= 11 is 0. The predicted molar refractivity (Wildman–Crippen MR) is 48.5 cm³/mol. The van der Waals surface area contributed by atoms with E-state index in [4.69, 9.17) is 0 Å². The molecule has 1 fully saturated rings. The van der Waals surface area contributed by atoms with Crippen LogP contribution in [0.25, 0.3) is 0 Å². The maximum Gasteiger partial charge on any atom is 0.208 e. The molecule has 0 aliphatic heterocycles. The molecule has 0 saturated heterocycles. The monoisotopic (exact) mass is 192 g/mol. The van der Waals surface area contributed by atoms with Crippen molar-refractivity contribution in [2.45, 2.75) is 31.3 Å². The maximum absolute atomic E-state index is 10.9. The van der Waals surface area contributed by atoms with E-state index >= 15 is 0 Å². The Balaban J connectivity index is 2.38. The molecule has 0 aromatic rings. The summed E-state index contributed by atoms with van der Waals surface area (Å²) in [5.41, 5.74) is 0. The average molecular weight is 192 g/mol. The molecule has 1 aliphatic carbocycles. The van der Waals surface area contributed by atoms with Crippen LogP contribution in [0.2, 0.25) is 0 Å². The Morgan fingerprint density at radius 3 is 2.25 bits per heavy atom. The first-order valence-corrected chi connectivity index (χ1v) is 6.05. The second-order valence-electron chi connectivity index (χ2n) is 3.39. The molecule has 0 heterocycles. The van der Waals surface area contributed by atoms with E-state index in [-0.39, 0.29) is 6.04 Å². The Morgan fingerprint density at radius 2 is 1.83 bits per heavy atom. The van der Waals surface area contributed by atoms with E-state index < -0.39 is 10.0 Å². The third-order valence-electron chi connectivity index (χ3n) is 2.22. The third kappa shape index (κ3) is 3.08. The molecule has 0 radical (unpaired) electrons. The summed E-state index contributed by atoms with van der Waals surface area (Å²) in [7, 11) is -1.11. The van der Waals surface area contributed by atoms with Gasteiger partial charge in [-0.1, -0.05) is 0 Å². The quantitative estimate of drug-likeness (QED) is 0.644. The summed E-state index contributed by atoms with van der Waals surface area (Å²) in [6.45, 7) is 0. The molecule has 0 spiro atoms. The standard InChI is InChI=1S/C7H16N2O2S/c1-8-6-3-4-7(5-6)9-12(2,10)11/h6-9H,3-5H2,1-2H3/t6-,7+/m1/s1. The van der Waals surface area contributed by atoms with Gasteiger partial charge < -0.3 is 5.32 Å². The lowest BCUT2D eigenvalue weighted by Crippen LogP contribution is -2.33. The highest BCUT2D eigenvalue weighted by atomic mass is 32.2. The molecule has 72 valence electrons. The zero-order valence-electron chi connectivity index (χ0n) is 7.50. The largest absolute Gasteiger partial charge is 0.317 e. The molecule has 0 amide bonds. The number of hydrogen-bond donors (Lipinski definition) is 2. The van der Waals surface area contributed by atoms with E-state index in [0.717, 1.165) is 19.3 Å². The van der Waals surface area contributed by atoms with Crippen molar-refractivity contribution in [3.8, 4) is 0 Å². The Hall–Kier alpha value is -0.130. The average Bonchev–Trinajstić information content (AvgIpc) is 2.32. The molecule has 5 heteroatoms. The van der Waals surface area contributed by atoms with Crippen molar-refractivity contribution in [3.63, 3.8) is 0 Å². The minimum atomic E-state index is -3.02. The second-order valence-corrected chi connectivity index (χ2v) is 5.17. The molecule has 1 saturated carbocycles. The zero-order chi connectivity index (χ0) is 9.19. The fourth-order valence-corrected chi connectivity index (χ4v) is 2.47. The molecule has 0 aromatic heterocycles. The zero-order valence-corrected chi connectivity index (χ0v) is 8.32. The van der Waals surface area contributed by atoms with Gasteiger partial charge in [-0.05, 0) is 26.3 Å². The van der Waals surface area contributed by atoms with Crippen molar-refractivity contribution < 1.29 is 8.42 Å². The molecular weight excluding hydrogens is 176 g/mol. The van der Waals surface area contributed by atoms with Gasteiger partial charge in [-0.2, -0.15) is 0 Å². The SMILES string of the molecule is CN[C@@H]1CC[C@H](NS(C)(=O)=O)C1. The highest BCUT2D eigenvalue weighted by molar-refractivity contribution is 7.88. The first kappa shape index (κ1) is 9.95. The normalized spacial score (nSPS) is 30.8. The van der Waals surface area contributed by atoms with Crippen LogP contribution in [-0.4, -0.2) is 33.8 Å². The van der Waals surface area contributed by atoms with E-state index in [9.17, 15) is 8.42 Å². The summed E-state index contributed by atoms with van der Waals surface area (Å²) in [5.74, 6) is 0. The molecule has 12 heavy (non-hydrogen) atoms. The van der Waals surface area contributed by atoms with Crippen LogP contribution < -0.4 is 10.0 Å². The Labute approximate surface area is 73.8 Å². The molecule has 1 aliphatic rings. The minimum Gasteiger partial charge on any atom is -0.317 e. The van der Waals surface area contributed by atoms with E-state index in [2.05, 4.69) is 10.0 Å². The van der Waals surface area contributed by atoms with Crippen LogP contribution >= 0.6 is 0 Å². The smallest absolute Gasteiger partial charge is 0.208 e. The third-order valence-corrected chi connectivity index (χ3v) is 2.98. The fraction of sp³-hybridized carbons (Fsp3) is 1.00. The van der Waals surface area contributed by atoms with Gasteiger partial charge >= 0.3 is 0 Å². The van der Waals surface area contributed by atoms with Crippen molar-refractivity contribution in [1.82, 2.24) is 10.0 Å². The Kier molecular flexibility index (Phi) is 3.09. The summed E-state index contributed by atoms with van der Waals surface area (Å²) < 4.78 is 24.3. The van der Waals surface area contributed by atoms with Crippen LogP contribution in [0.15, 0.2) is 0 Å². The van der Waals surface area contributed by atoms with Gasteiger partial charge in [0.05, 0.1) is 6.26 Å². The van der Waals surface area contributed by atoms with Crippen molar-refractivity contribution in [2.75, 3.05) is 13.3 Å². The lowest BCUT2D eigenvalue weighted by Gasteiger charge is -2.10. The topological polar surface area (TPSA) is 58.2 Å². The van der Waals surface area contributed by atoms with E-state index in [1.807, 2.05) is 7.05 Å². The summed E-state index contributed by atoms with van der Waals surface area (Å²) in [5, 5.41) is 3.14. The van der Waals surface area contributed by atoms with Crippen LogP contribution in [0.3, 0.4) is 0 Å². The minimum absolute atomic E-state index is 0.137. The van der Waals surface area contributed by atoms with Crippen molar-refractivity contribution in [1.29, 1.82) is 0 Å². The molecule has 1 rings (SSSR count). The first-order chi connectivity index (χ1) is 5.51. The lowest BCUT2D eigenvalue weighted by molar-refractivity contribution is 0.538. The molecular formula is C7H16N2O2S. The van der Waals surface area contributed by atoms with Gasteiger partial charge in [-0.15, -0.1) is 0 Å². The van der Waals surface area contributed by atoms with Crippen molar-refractivity contribution in [2.24, 2.45) is 0 Å². The van der Waals surface area contributed by atoms with Crippen LogP contribution in [0.4, 0.5) is 0 Å². The number of sulfonamides is 1. The van der Waals surface area contributed by atoms with E-state index in [1.54, 1.807) is 0 Å². The van der Waals surface area contributed by atoms with Gasteiger partial charge in [0.25, 0.3) is 0 Å². The second kappa shape index (κ2) is 3.72. The van der Waals surface area contributed by atoms with Crippen molar-refractivity contribution >= 4 is 10.0 Å². The van der Waals surface area contributed by atoms with Gasteiger partial charge in [0, 0.05) is 12.1 Å². The first-order valence-electron chi connectivity index (χ1n) is 4.16. The predicted octanol–water partition coefficient (Wildman–Crippen LogP) is -0.324. The number of nitrogens with one attached hydrogen (secondary N) is 2. The van der Waals surface area contributed by atoms with Gasteiger partial charge in [0.2, 0.25) is 10.0 Å². The van der Waals surface area contributed by atoms with E-state index in [1.165, 1.54) is 6.26 Å². The number of rotatable bonds is 3. The molecule has 0 bridgehead atoms. The molecule has 0 unspecified atom stereocenters. The van der Waals surface area contributed by atoms with Gasteiger partial charge in [-0.25, -0.2) is 13.1 Å². The highest BCUT2D eigenvalue weighted by Crippen LogP contribution is 2.18. The van der Waals surface area contributed by atoms with Gasteiger partial charge in [0.1, 0.15) is 0 Å².